The van der Waals surface area contributed by atoms with Gasteiger partial charge in [0, 0.05) is 31.7 Å². The number of aliphatic imine (C=N–C) groups is 1. The minimum atomic E-state index is 0.761. The van der Waals surface area contributed by atoms with Crippen molar-refractivity contribution in [2.75, 3.05) is 20.6 Å². The molecular formula is C16H28N4S. The maximum absolute atomic E-state index is 4.40. The molecule has 1 N–H and O–H groups in total. The summed E-state index contributed by atoms with van der Waals surface area (Å²) in [5, 5.41) is 4.54. The van der Waals surface area contributed by atoms with Crippen LogP contribution in [-0.4, -0.2) is 36.5 Å². The van der Waals surface area contributed by atoms with E-state index in [1.807, 2.05) is 13.2 Å². The zero-order valence-corrected chi connectivity index (χ0v) is 14.5. The second-order valence-corrected chi connectivity index (χ2v) is 7.59. The largest absolute Gasteiger partial charge is 0.350 e. The molecule has 1 heterocycles. The molecule has 1 aliphatic carbocycles. The van der Waals surface area contributed by atoms with E-state index in [0.29, 0.717) is 0 Å². The lowest BCUT2D eigenvalue weighted by atomic mass is 9.83. The van der Waals surface area contributed by atoms with Gasteiger partial charge in [0.15, 0.2) is 5.96 Å². The Hall–Kier alpha value is -1.10. The van der Waals surface area contributed by atoms with Gasteiger partial charge in [0.1, 0.15) is 5.01 Å². The summed E-state index contributed by atoms with van der Waals surface area (Å²) in [7, 11) is 4.00. The zero-order valence-electron chi connectivity index (χ0n) is 13.7. The Bertz CT molecular complexity index is 461. The van der Waals surface area contributed by atoms with Crippen LogP contribution in [0, 0.1) is 18.8 Å². The van der Waals surface area contributed by atoms with Gasteiger partial charge < -0.3 is 10.2 Å². The first-order chi connectivity index (χ1) is 10.1. The standard InChI is InChI=1S/C16H28N4S/c1-12-5-7-14(8-6-12)11-20(4)16(17-3)19-10-15-18-9-13(2)21-15/h9,12,14H,5-8,10-11H2,1-4H3,(H,17,19). The summed E-state index contributed by atoms with van der Waals surface area (Å²) in [5.74, 6) is 2.70. The third kappa shape index (κ3) is 4.99. The number of hydrogen-bond donors (Lipinski definition) is 1. The molecule has 0 bridgehead atoms. The topological polar surface area (TPSA) is 40.5 Å². The Morgan fingerprint density at radius 3 is 2.71 bits per heavy atom. The molecule has 1 fully saturated rings. The van der Waals surface area contributed by atoms with Crippen LogP contribution in [0.1, 0.15) is 42.5 Å². The van der Waals surface area contributed by atoms with Gasteiger partial charge in [-0.1, -0.05) is 19.8 Å². The molecule has 2 rings (SSSR count). The van der Waals surface area contributed by atoms with Gasteiger partial charge >= 0.3 is 0 Å². The van der Waals surface area contributed by atoms with Crippen LogP contribution in [0.3, 0.4) is 0 Å². The van der Waals surface area contributed by atoms with Crippen molar-refractivity contribution in [2.45, 2.75) is 46.1 Å². The maximum atomic E-state index is 4.40. The molecule has 1 saturated carbocycles. The maximum Gasteiger partial charge on any atom is 0.193 e. The van der Waals surface area contributed by atoms with Crippen molar-refractivity contribution in [2.24, 2.45) is 16.8 Å². The highest BCUT2D eigenvalue weighted by molar-refractivity contribution is 7.11. The van der Waals surface area contributed by atoms with Gasteiger partial charge in [-0.2, -0.15) is 0 Å². The quantitative estimate of drug-likeness (QED) is 0.685. The average Bonchev–Trinajstić information content (AvgIpc) is 2.88. The van der Waals surface area contributed by atoms with Crippen molar-refractivity contribution < 1.29 is 0 Å². The van der Waals surface area contributed by atoms with Crippen molar-refractivity contribution in [3.8, 4) is 0 Å². The minimum absolute atomic E-state index is 0.761. The van der Waals surface area contributed by atoms with E-state index in [1.54, 1.807) is 11.3 Å². The smallest absolute Gasteiger partial charge is 0.193 e. The third-order valence-electron chi connectivity index (χ3n) is 4.31. The number of rotatable bonds is 4. The van der Waals surface area contributed by atoms with Crippen LogP contribution < -0.4 is 5.32 Å². The lowest BCUT2D eigenvalue weighted by Crippen LogP contribution is -2.41. The number of nitrogens with zero attached hydrogens (tertiary/aromatic N) is 3. The second kappa shape index (κ2) is 7.78. The van der Waals surface area contributed by atoms with Gasteiger partial charge in [-0.05, 0) is 31.6 Å². The highest BCUT2D eigenvalue weighted by Crippen LogP contribution is 2.28. The SMILES string of the molecule is CN=C(NCc1ncc(C)s1)N(C)CC1CCC(C)CC1. The minimum Gasteiger partial charge on any atom is -0.350 e. The first-order valence-corrected chi connectivity index (χ1v) is 8.73. The number of hydrogen-bond acceptors (Lipinski definition) is 3. The van der Waals surface area contributed by atoms with E-state index in [4.69, 9.17) is 0 Å². The van der Waals surface area contributed by atoms with Crippen molar-refractivity contribution in [3.63, 3.8) is 0 Å². The highest BCUT2D eigenvalue weighted by Gasteiger charge is 2.20. The lowest BCUT2D eigenvalue weighted by molar-refractivity contribution is 0.250. The molecule has 1 aliphatic rings. The van der Waals surface area contributed by atoms with Gasteiger partial charge in [-0.25, -0.2) is 4.98 Å². The van der Waals surface area contributed by atoms with Crippen molar-refractivity contribution in [1.29, 1.82) is 0 Å². The van der Waals surface area contributed by atoms with E-state index in [1.165, 1.54) is 30.6 Å². The van der Waals surface area contributed by atoms with Gasteiger partial charge in [0.05, 0.1) is 6.54 Å². The Morgan fingerprint density at radius 2 is 2.14 bits per heavy atom. The summed E-state index contributed by atoms with van der Waals surface area (Å²) < 4.78 is 0. The zero-order chi connectivity index (χ0) is 15.2. The Morgan fingerprint density at radius 1 is 1.43 bits per heavy atom. The molecule has 5 heteroatoms. The summed E-state index contributed by atoms with van der Waals surface area (Å²) in [5.41, 5.74) is 0. The van der Waals surface area contributed by atoms with Crippen molar-refractivity contribution in [3.05, 3.63) is 16.1 Å². The normalized spacial score (nSPS) is 23.1. The number of aryl methyl sites for hydroxylation is 1. The van der Waals surface area contributed by atoms with Gasteiger partial charge in [-0.15, -0.1) is 11.3 Å². The van der Waals surface area contributed by atoms with Gasteiger partial charge in [0.25, 0.3) is 0 Å². The molecule has 1 aromatic rings. The number of thiazole rings is 1. The van der Waals surface area contributed by atoms with E-state index in [0.717, 1.165) is 35.9 Å². The monoisotopic (exact) mass is 308 g/mol. The fraction of sp³-hybridized carbons (Fsp3) is 0.750. The van der Waals surface area contributed by atoms with E-state index in [9.17, 15) is 0 Å². The average molecular weight is 308 g/mol. The molecule has 118 valence electrons. The van der Waals surface area contributed by atoms with Crippen LogP contribution >= 0.6 is 11.3 Å². The molecule has 0 aliphatic heterocycles. The number of guanidine groups is 1. The molecule has 0 unspecified atom stereocenters. The van der Waals surface area contributed by atoms with Crippen LogP contribution in [-0.2, 0) is 6.54 Å². The van der Waals surface area contributed by atoms with E-state index < -0.39 is 0 Å². The first kappa shape index (κ1) is 16.3. The summed E-state index contributed by atoms with van der Waals surface area (Å²) in [6.07, 6.45) is 7.39. The molecule has 1 aromatic heterocycles. The van der Waals surface area contributed by atoms with Gasteiger partial charge in [0.2, 0.25) is 0 Å². The third-order valence-corrected chi connectivity index (χ3v) is 5.22. The summed E-state index contributed by atoms with van der Waals surface area (Å²) in [6, 6.07) is 0. The van der Waals surface area contributed by atoms with Crippen molar-refractivity contribution in [1.82, 2.24) is 15.2 Å². The van der Waals surface area contributed by atoms with E-state index in [2.05, 4.69) is 41.1 Å². The molecule has 0 amide bonds. The van der Waals surface area contributed by atoms with E-state index in [-0.39, 0.29) is 0 Å². The summed E-state index contributed by atoms with van der Waals surface area (Å²) >= 11 is 1.74. The van der Waals surface area contributed by atoms with Crippen LogP contribution in [0.2, 0.25) is 0 Å². The summed E-state index contributed by atoms with van der Waals surface area (Å²) in [4.78, 5) is 12.3. The number of nitrogens with one attached hydrogen (secondary N) is 1. The van der Waals surface area contributed by atoms with Crippen LogP contribution in [0.4, 0.5) is 0 Å². The van der Waals surface area contributed by atoms with E-state index >= 15 is 0 Å². The van der Waals surface area contributed by atoms with Crippen molar-refractivity contribution >= 4 is 17.3 Å². The van der Waals surface area contributed by atoms with Crippen LogP contribution in [0.25, 0.3) is 0 Å². The lowest BCUT2D eigenvalue weighted by Gasteiger charge is -2.31. The fourth-order valence-electron chi connectivity index (χ4n) is 3.01. The molecule has 0 aromatic carbocycles. The Labute approximate surface area is 132 Å². The predicted octanol–water partition coefficient (Wildman–Crippen LogP) is 3.29. The molecular weight excluding hydrogens is 280 g/mol. The Kier molecular flexibility index (Phi) is 6.03. The molecule has 21 heavy (non-hydrogen) atoms. The second-order valence-electron chi connectivity index (χ2n) is 6.27. The first-order valence-electron chi connectivity index (χ1n) is 7.91. The number of aromatic nitrogens is 1. The van der Waals surface area contributed by atoms with Gasteiger partial charge in [-0.3, -0.25) is 4.99 Å². The van der Waals surface area contributed by atoms with Crippen LogP contribution in [0.15, 0.2) is 11.2 Å². The van der Waals surface area contributed by atoms with Crippen LogP contribution in [0.5, 0.6) is 0 Å². The molecule has 0 atom stereocenters. The summed E-state index contributed by atoms with van der Waals surface area (Å²) in [6.45, 7) is 6.32. The molecule has 0 radical (unpaired) electrons. The Balaban J connectivity index is 1.80. The predicted molar refractivity (Wildman–Crippen MR) is 90.8 cm³/mol. The fourth-order valence-corrected chi connectivity index (χ4v) is 3.73. The molecule has 4 nitrogen and oxygen atoms in total. The highest BCUT2D eigenvalue weighted by atomic mass is 32.1. The molecule has 0 saturated heterocycles. The molecule has 0 spiro atoms.